The molecule has 0 N–H and O–H groups in total. The number of alkyl halides is 3. The number of thiazole rings is 1. The Bertz CT molecular complexity index is 1230. The molecule has 0 fully saturated rings. The van der Waals surface area contributed by atoms with Gasteiger partial charge in [0.15, 0.2) is 11.3 Å². The van der Waals surface area contributed by atoms with Crippen LogP contribution in [-0.2, 0) is 12.7 Å². The van der Waals surface area contributed by atoms with E-state index in [1.54, 1.807) is 7.05 Å². The van der Waals surface area contributed by atoms with Crippen LogP contribution in [0, 0.1) is 18.3 Å². The average molecular weight is 401 g/mol. The van der Waals surface area contributed by atoms with E-state index in [0.717, 1.165) is 39.1 Å². The standard InChI is InChI=1S/C19H14F3N5S/c1-11-7-17(26(2)9-16-25-15(10-28-16)19(20,21)22)27-14-6-4-3-5-13(14)24-18(27)12(11)8-23/h3-7,10H,9H2,1-2H3. The predicted octanol–water partition coefficient (Wildman–Crippen LogP) is 4.78. The van der Waals surface area contributed by atoms with Crippen molar-refractivity contribution in [3.05, 3.63) is 57.5 Å². The number of halogens is 3. The summed E-state index contributed by atoms with van der Waals surface area (Å²) in [5.41, 5.74) is 2.44. The fourth-order valence-corrected chi connectivity index (χ4v) is 4.00. The van der Waals surface area contributed by atoms with Crippen LogP contribution in [0.4, 0.5) is 19.0 Å². The molecule has 1 aromatic carbocycles. The number of aryl methyl sites for hydroxylation is 1. The van der Waals surface area contributed by atoms with Gasteiger partial charge in [-0.2, -0.15) is 18.4 Å². The lowest BCUT2D eigenvalue weighted by atomic mass is 10.1. The number of para-hydroxylation sites is 2. The number of imidazole rings is 1. The van der Waals surface area contributed by atoms with Crippen molar-refractivity contribution < 1.29 is 13.2 Å². The molecule has 0 saturated heterocycles. The SMILES string of the molecule is Cc1cc(N(C)Cc2nc(C(F)(F)F)cs2)n2c(nc3ccccc32)c1C#N. The normalized spacial score (nSPS) is 11.9. The zero-order valence-corrected chi connectivity index (χ0v) is 15.8. The zero-order valence-electron chi connectivity index (χ0n) is 14.9. The molecule has 0 amide bonds. The first-order valence-electron chi connectivity index (χ1n) is 8.33. The molecular weight excluding hydrogens is 387 g/mol. The predicted molar refractivity (Wildman–Crippen MR) is 101 cm³/mol. The van der Waals surface area contributed by atoms with Crippen LogP contribution in [-0.4, -0.2) is 21.4 Å². The molecule has 3 heterocycles. The number of hydrogen-bond acceptors (Lipinski definition) is 5. The van der Waals surface area contributed by atoms with Crippen molar-refractivity contribution in [2.45, 2.75) is 19.6 Å². The molecule has 0 saturated carbocycles. The number of aromatic nitrogens is 3. The van der Waals surface area contributed by atoms with Crippen LogP contribution >= 0.6 is 11.3 Å². The van der Waals surface area contributed by atoms with Crippen molar-refractivity contribution >= 4 is 33.8 Å². The molecule has 5 nitrogen and oxygen atoms in total. The van der Waals surface area contributed by atoms with Gasteiger partial charge in [-0.3, -0.25) is 4.40 Å². The molecule has 0 aliphatic rings. The van der Waals surface area contributed by atoms with Crippen LogP contribution < -0.4 is 4.90 Å². The number of benzene rings is 1. The first kappa shape index (κ1) is 18.3. The summed E-state index contributed by atoms with van der Waals surface area (Å²) in [6.45, 7) is 2.02. The van der Waals surface area contributed by atoms with Crippen LogP contribution in [0.1, 0.15) is 21.8 Å². The summed E-state index contributed by atoms with van der Waals surface area (Å²) in [4.78, 5) is 10.1. The summed E-state index contributed by atoms with van der Waals surface area (Å²) >= 11 is 0.972. The first-order chi connectivity index (χ1) is 13.3. The van der Waals surface area contributed by atoms with Crippen molar-refractivity contribution in [3.8, 4) is 6.07 Å². The summed E-state index contributed by atoms with van der Waals surface area (Å²) in [5, 5.41) is 10.9. The van der Waals surface area contributed by atoms with Crippen molar-refractivity contribution in [3.63, 3.8) is 0 Å². The van der Waals surface area contributed by atoms with E-state index in [9.17, 15) is 18.4 Å². The third kappa shape index (κ3) is 2.96. The van der Waals surface area contributed by atoms with Crippen LogP contribution in [0.5, 0.6) is 0 Å². The first-order valence-corrected chi connectivity index (χ1v) is 9.21. The molecule has 9 heteroatoms. The van der Waals surface area contributed by atoms with E-state index >= 15 is 0 Å². The Morgan fingerprint density at radius 1 is 1.25 bits per heavy atom. The van der Waals surface area contributed by atoms with Gasteiger partial charge in [0.25, 0.3) is 0 Å². The lowest BCUT2D eigenvalue weighted by Crippen LogP contribution is -2.20. The molecule has 4 aromatic rings. The summed E-state index contributed by atoms with van der Waals surface area (Å²) in [6, 6.07) is 11.5. The van der Waals surface area contributed by atoms with E-state index in [-0.39, 0.29) is 6.54 Å². The van der Waals surface area contributed by atoms with E-state index in [1.165, 1.54) is 0 Å². The van der Waals surface area contributed by atoms with Gasteiger partial charge in [0, 0.05) is 12.4 Å². The number of fused-ring (bicyclic) bond motifs is 3. The molecule has 0 spiro atoms. The van der Waals surface area contributed by atoms with Gasteiger partial charge in [-0.15, -0.1) is 11.3 Å². The number of pyridine rings is 1. The number of hydrogen-bond donors (Lipinski definition) is 0. The maximum atomic E-state index is 12.8. The Kier molecular flexibility index (Phi) is 4.23. The largest absolute Gasteiger partial charge is 0.434 e. The Morgan fingerprint density at radius 2 is 2.00 bits per heavy atom. The lowest BCUT2D eigenvalue weighted by Gasteiger charge is -2.21. The van der Waals surface area contributed by atoms with E-state index in [0.29, 0.717) is 16.2 Å². The molecule has 142 valence electrons. The van der Waals surface area contributed by atoms with Crippen LogP contribution in [0.3, 0.4) is 0 Å². The Morgan fingerprint density at radius 3 is 2.68 bits per heavy atom. The van der Waals surface area contributed by atoms with E-state index in [1.807, 2.05) is 46.6 Å². The molecule has 4 rings (SSSR count). The highest BCUT2D eigenvalue weighted by Crippen LogP contribution is 2.32. The fraction of sp³-hybridized carbons (Fsp3) is 0.211. The lowest BCUT2D eigenvalue weighted by molar-refractivity contribution is -0.140. The Labute approximate surface area is 162 Å². The molecule has 28 heavy (non-hydrogen) atoms. The Balaban J connectivity index is 1.84. The molecule has 0 aliphatic heterocycles. The number of nitrogens with zero attached hydrogens (tertiary/aromatic N) is 5. The second-order valence-electron chi connectivity index (χ2n) is 6.41. The van der Waals surface area contributed by atoms with Gasteiger partial charge in [-0.25, -0.2) is 9.97 Å². The van der Waals surface area contributed by atoms with Crippen molar-refractivity contribution in [1.29, 1.82) is 5.26 Å². The number of anilines is 1. The van der Waals surface area contributed by atoms with Crippen molar-refractivity contribution in [1.82, 2.24) is 14.4 Å². The van der Waals surface area contributed by atoms with Crippen LogP contribution in [0.2, 0.25) is 0 Å². The topological polar surface area (TPSA) is 57.2 Å². The van der Waals surface area contributed by atoms with Crippen molar-refractivity contribution in [2.24, 2.45) is 0 Å². The second-order valence-corrected chi connectivity index (χ2v) is 7.35. The molecule has 0 bridgehead atoms. The van der Waals surface area contributed by atoms with Gasteiger partial charge in [0.2, 0.25) is 0 Å². The number of rotatable bonds is 3. The van der Waals surface area contributed by atoms with Crippen LogP contribution in [0.15, 0.2) is 35.7 Å². The van der Waals surface area contributed by atoms with Gasteiger partial charge >= 0.3 is 6.18 Å². The average Bonchev–Trinajstić information content (AvgIpc) is 3.25. The van der Waals surface area contributed by atoms with Gasteiger partial charge in [0.05, 0.1) is 23.1 Å². The smallest absolute Gasteiger partial charge is 0.354 e. The molecule has 0 aliphatic carbocycles. The fourth-order valence-electron chi connectivity index (χ4n) is 3.15. The van der Waals surface area contributed by atoms with E-state index in [4.69, 9.17) is 0 Å². The van der Waals surface area contributed by atoms with Crippen LogP contribution in [0.25, 0.3) is 16.7 Å². The minimum atomic E-state index is -4.45. The highest BCUT2D eigenvalue weighted by molar-refractivity contribution is 7.09. The maximum absolute atomic E-state index is 12.8. The van der Waals surface area contributed by atoms with Crippen molar-refractivity contribution in [2.75, 3.05) is 11.9 Å². The highest BCUT2D eigenvalue weighted by Gasteiger charge is 2.33. The Hall–Kier alpha value is -3.12. The van der Waals surface area contributed by atoms with Gasteiger partial charge in [0.1, 0.15) is 16.9 Å². The summed E-state index contributed by atoms with van der Waals surface area (Å²) < 4.78 is 40.3. The molecule has 0 atom stereocenters. The zero-order chi connectivity index (χ0) is 20.1. The summed E-state index contributed by atoms with van der Waals surface area (Å²) in [7, 11) is 1.78. The van der Waals surface area contributed by atoms with Gasteiger partial charge < -0.3 is 4.90 Å². The third-order valence-corrected chi connectivity index (χ3v) is 5.30. The molecular formula is C19H14F3N5S. The van der Waals surface area contributed by atoms with E-state index in [2.05, 4.69) is 16.0 Å². The maximum Gasteiger partial charge on any atom is 0.434 e. The summed E-state index contributed by atoms with van der Waals surface area (Å²) in [5.74, 6) is 0.726. The summed E-state index contributed by atoms with van der Waals surface area (Å²) in [6.07, 6.45) is -4.45. The molecule has 3 aromatic heterocycles. The molecule has 0 radical (unpaired) electrons. The minimum absolute atomic E-state index is 0.202. The van der Waals surface area contributed by atoms with Gasteiger partial charge in [-0.05, 0) is 30.7 Å². The minimum Gasteiger partial charge on any atom is -0.354 e. The second kappa shape index (κ2) is 6.49. The van der Waals surface area contributed by atoms with Gasteiger partial charge in [-0.1, -0.05) is 12.1 Å². The molecule has 0 unspecified atom stereocenters. The highest BCUT2D eigenvalue weighted by atomic mass is 32.1. The number of nitriles is 1. The quantitative estimate of drug-likeness (QED) is 0.496. The monoisotopic (exact) mass is 401 g/mol. The third-order valence-electron chi connectivity index (χ3n) is 4.47. The van der Waals surface area contributed by atoms with E-state index < -0.39 is 11.9 Å².